The largest absolute Gasteiger partial charge is 0.464 e. The van der Waals surface area contributed by atoms with Gasteiger partial charge in [0.15, 0.2) is 0 Å². The average Bonchev–Trinajstić information content (AvgIpc) is 2.58. The monoisotopic (exact) mass is 347 g/mol. The first-order chi connectivity index (χ1) is 11.8. The van der Waals surface area contributed by atoms with E-state index in [1.807, 2.05) is 0 Å². The molecule has 25 heavy (non-hydrogen) atoms. The summed E-state index contributed by atoms with van der Waals surface area (Å²) in [5, 5.41) is 0. The van der Waals surface area contributed by atoms with Gasteiger partial charge < -0.3 is 9.64 Å². The maximum absolute atomic E-state index is 11.8. The predicted molar refractivity (Wildman–Crippen MR) is 108 cm³/mol. The van der Waals surface area contributed by atoms with Crippen LogP contribution in [0.25, 0.3) is 0 Å². The molecular formula is C22H37NO2. The van der Waals surface area contributed by atoms with Crippen LogP contribution >= 0.6 is 0 Å². The van der Waals surface area contributed by atoms with E-state index in [9.17, 15) is 4.79 Å². The van der Waals surface area contributed by atoms with Gasteiger partial charge in [0.1, 0.15) is 6.61 Å². The van der Waals surface area contributed by atoms with E-state index in [1.165, 1.54) is 52.8 Å². The molecule has 0 aliphatic carbocycles. The minimum Gasteiger partial charge on any atom is -0.464 e. The zero-order valence-electron chi connectivity index (χ0n) is 17.4. The quantitative estimate of drug-likeness (QED) is 0.409. The van der Waals surface area contributed by atoms with Gasteiger partial charge in [-0.2, -0.15) is 0 Å². The van der Waals surface area contributed by atoms with E-state index in [-0.39, 0.29) is 5.97 Å². The van der Waals surface area contributed by atoms with Crippen molar-refractivity contribution in [1.29, 1.82) is 0 Å². The van der Waals surface area contributed by atoms with Gasteiger partial charge in [0.2, 0.25) is 0 Å². The average molecular weight is 348 g/mol. The van der Waals surface area contributed by atoms with E-state index in [2.05, 4.69) is 53.5 Å². The molecule has 1 aromatic carbocycles. The van der Waals surface area contributed by atoms with E-state index in [0.717, 1.165) is 19.4 Å². The Hall–Kier alpha value is -1.51. The number of hydrogen-bond acceptors (Lipinski definition) is 3. The lowest BCUT2D eigenvalue weighted by atomic mass is 9.92. The SMILES string of the molecule is CCCCCCCC(=O)OCCN(C)c1c(C)c(C)c(C)c(C)c1C. The Labute approximate surface area is 154 Å². The molecule has 0 aromatic heterocycles. The highest BCUT2D eigenvalue weighted by atomic mass is 16.5. The van der Waals surface area contributed by atoms with Crippen molar-refractivity contribution in [3.8, 4) is 0 Å². The van der Waals surface area contributed by atoms with Crippen LogP contribution in [-0.2, 0) is 9.53 Å². The van der Waals surface area contributed by atoms with Gasteiger partial charge >= 0.3 is 5.97 Å². The molecule has 3 heteroatoms. The summed E-state index contributed by atoms with van der Waals surface area (Å²) in [6.45, 7) is 14.3. The first kappa shape index (κ1) is 21.5. The molecule has 0 atom stereocenters. The van der Waals surface area contributed by atoms with E-state index in [4.69, 9.17) is 4.74 Å². The second-order valence-electron chi connectivity index (χ2n) is 7.28. The summed E-state index contributed by atoms with van der Waals surface area (Å²) >= 11 is 0. The lowest BCUT2D eigenvalue weighted by Crippen LogP contribution is -2.26. The standard InChI is InChI=1S/C22H37NO2/c1-8-9-10-11-12-13-21(24)25-15-14-23(7)22-19(5)17(3)16(2)18(4)20(22)6/h8-15H2,1-7H3. The number of nitrogens with zero attached hydrogens (tertiary/aromatic N) is 1. The Morgan fingerprint density at radius 3 is 1.92 bits per heavy atom. The fourth-order valence-electron chi connectivity index (χ4n) is 3.41. The summed E-state index contributed by atoms with van der Waals surface area (Å²) in [5.74, 6) is -0.0605. The molecule has 1 rings (SSSR count). The Kier molecular flexibility index (Phi) is 9.02. The van der Waals surface area contributed by atoms with Gasteiger partial charge in [0, 0.05) is 19.2 Å². The highest BCUT2D eigenvalue weighted by Gasteiger charge is 2.15. The normalized spacial score (nSPS) is 10.8. The van der Waals surface area contributed by atoms with Crippen molar-refractivity contribution in [1.82, 2.24) is 0 Å². The first-order valence-corrected chi connectivity index (χ1v) is 9.74. The summed E-state index contributed by atoms with van der Waals surface area (Å²) in [4.78, 5) is 14.1. The molecule has 0 bridgehead atoms. The third-order valence-electron chi connectivity index (χ3n) is 5.52. The van der Waals surface area contributed by atoms with Gasteiger partial charge in [-0.25, -0.2) is 0 Å². The van der Waals surface area contributed by atoms with Crippen LogP contribution in [0.2, 0.25) is 0 Å². The number of rotatable bonds is 10. The maximum Gasteiger partial charge on any atom is 0.305 e. The molecule has 0 saturated carbocycles. The number of unbranched alkanes of at least 4 members (excludes halogenated alkanes) is 4. The summed E-state index contributed by atoms with van der Waals surface area (Å²) in [6.07, 6.45) is 6.33. The Balaban J connectivity index is 2.50. The van der Waals surface area contributed by atoms with Crippen molar-refractivity contribution in [2.24, 2.45) is 0 Å². The molecule has 0 aliphatic rings. The van der Waals surface area contributed by atoms with Gasteiger partial charge in [0.05, 0.1) is 6.54 Å². The number of ether oxygens (including phenoxy) is 1. The molecular weight excluding hydrogens is 310 g/mol. The van der Waals surface area contributed by atoms with E-state index < -0.39 is 0 Å². The van der Waals surface area contributed by atoms with Crippen LogP contribution in [0.4, 0.5) is 5.69 Å². The molecule has 142 valence electrons. The molecule has 0 spiro atoms. The highest BCUT2D eigenvalue weighted by Crippen LogP contribution is 2.32. The van der Waals surface area contributed by atoms with Gasteiger partial charge in [-0.05, 0) is 68.9 Å². The molecule has 0 heterocycles. The number of anilines is 1. The minimum atomic E-state index is -0.0605. The zero-order valence-corrected chi connectivity index (χ0v) is 17.4. The summed E-state index contributed by atoms with van der Waals surface area (Å²) < 4.78 is 5.42. The second kappa shape index (κ2) is 10.5. The van der Waals surface area contributed by atoms with Crippen molar-refractivity contribution < 1.29 is 9.53 Å². The molecule has 0 aliphatic heterocycles. The van der Waals surface area contributed by atoms with Crippen molar-refractivity contribution in [2.45, 2.75) is 80.1 Å². The topological polar surface area (TPSA) is 29.5 Å². The molecule has 3 nitrogen and oxygen atoms in total. The number of benzene rings is 1. The van der Waals surface area contributed by atoms with Gasteiger partial charge in [-0.3, -0.25) is 4.79 Å². The van der Waals surface area contributed by atoms with Gasteiger partial charge in [-0.15, -0.1) is 0 Å². The van der Waals surface area contributed by atoms with E-state index >= 15 is 0 Å². The number of carbonyl (C=O) groups is 1. The summed E-state index contributed by atoms with van der Waals surface area (Å²) in [7, 11) is 2.09. The third-order valence-corrected chi connectivity index (χ3v) is 5.52. The maximum atomic E-state index is 11.8. The van der Waals surface area contributed by atoms with Gasteiger partial charge in [0.25, 0.3) is 0 Å². The van der Waals surface area contributed by atoms with Crippen molar-refractivity contribution in [3.05, 3.63) is 27.8 Å². The molecule has 0 radical (unpaired) electrons. The van der Waals surface area contributed by atoms with Crippen LogP contribution in [0.1, 0.15) is 73.3 Å². The second-order valence-corrected chi connectivity index (χ2v) is 7.28. The zero-order chi connectivity index (χ0) is 19.0. The molecule has 0 fully saturated rings. The van der Waals surface area contributed by atoms with Crippen LogP contribution in [0.15, 0.2) is 0 Å². The smallest absolute Gasteiger partial charge is 0.305 e. The molecule has 0 saturated heterocycles. The van der Waals surface area contributed by atoms with Crippen LogP contribution in [0.5, 0.6) is 0 Å². The van der Waals surface area contributed by atoms with Crippen LogP contribution in [0.3, 0.4) is 0 Å². The first-order valence-electron chi connectivity index (χ1n) is 9.74. The number of carbonyl (C=O) groups excluding carboxylic acids is 1. The van der Waals surface area contributed by atoms with Crippen molar-refractivity contribution >= 4 is 11.7 Å². The van der Waals surface area contributed by atoms with Crippen molar-refractivity contribution in [2.75, 3.05) is 25.1 Å². The molecule has 0 N–H and O–H groups in total. The fourth-order valence-corrected chi connectivity index (χ4v) is 3.41. The van der Waals surface area contributed by atoms with E-state index in [0.29, 0.717) is 13.0 Å². The Morgan fingerprint density at radius 2 is 1.36 bits per heavy atom. The number of hydrogen-bond donors (Lipinski definition) is 0. The third kappa shape index (κ3) is 6.05. The molecule has 0 amide bonds. The van der Waals surface area contributed by atoms with Crippen LogP contribution in [0, 0.1) is 34.6 Å². The van der Waals surface area contributed by atoms with Crippen molar-refractivity contribution in [3.63, 3.8) is 0 Å². The lowest BCUT2D eigenvalue weighted by molar-refractivity contribution is -0.143. The Bertz CT molecular complexity index is 549. The lowest BCUT2D eigenvalue weighted by Gasteiger charge is -2.27. The number of esters is 1. The fraction of sp³-hybridized carbons (Fsp3) is 0.682. The summed E-state index contributed by atoms with van der Waals surface area (Å²) in [6, 6.07) is 0. The molecule has 1 aromatic rings. The van der Waals surface area contributed by atoms with Crippen LogP contribution in [-0.4, -0.2) is 26.2 Å². The molecule has 0 unspecified atom stereocenters. The predicted octanol–water partition coefficient (Wildman–Crippen LogP) is 5.57. The van der Waals surface area contributed by atoms with Crippen LogP contribution < -0.4 is 4.90 Å². The minimum absolute atomic E-state index is 0.0605. The van der Waals surface area contributed by atoms with E-state index in [1.54, 1.807) is 0 Å². The Morgan fingerprint density at radius 1 is 0.840 bits per heavy atom. The summed E-state index contributed by atoms with van der Waals surface area (Å²) in [5.41, 5.74) is 8.01. The number of likely N-dealkylation sites (N-methyl/N-ethyl adjacent to an activating group) is 1. The van der Waals surface area contributed by atoms with Gasteiger partial charge in [-0.1, -0.05) is 32.6 Å². The highest BCUT2D eigenvalue weighted by molar-refractivity contribution is 5.69.